The van der Waals surface area contributed by atoms with Crippen LogP contribution in [0.3, 0.4) is 0 Å². The third-order valence-electron chi connectivity index (χ3n) is 2.88. The molecule has 0 saturated heterocycles. The van der Waals surface area contributed by atoms with Gasteiger partial charge >= 0.3 is 12.7 Å². The summed E-state index contributed by atoms with van der Waals surface area (Å²) >= 11 is 0. The molecular weight excluding hydrogens is 287 g/mol. The summed E-state index contributed by atoms with van der Waals surface area (Å²) < 4.78 is 44.8. The second-order valence-corrected chi connectivity index (χ2v) is 4.37. The predicted molar refractivity (Wildman–Crippen MR) is 73.7 cm³/mol. The second kappa shape index (κ2) is 5.59. The number of hydrogen-bond donors (Lipinski definition) is 0. The lowest BCUT2D eigenvalue weighted by Gasteiger charge is -1.94. The largest absolute Gasteiger partial charge is 0.673 e. The Bertz CT molecular complexity index is 834. The van der Waals surface area contributed by atoms with Gasteiger partial charge in [-0.05, 0) is 19.1 Å². The molecule has 21 heavy (non-hydrogen) atoms. The smallest absolute Gasteiger partial charge is 0.455 e. The average molecular weight is 298 g/mol. The maximum atomic E-state index is 9.75. The minimum Gasteiger partial charge on any atom is -0.455 e. The fraction of sp³-hybridized carbons (Fsp3) is 0.0714. The number of halogens is 4. The van der Waals surface area contributed by atoms with Crippen LogP contribution in [0.2, 0.25) is 0 Å². The maximum absolute atomic E-state index is 9.75. The molecule has 2 nitrogen and oxygen atoms in total. The highest BCUT2D eigenvalue weighted by Crippen LogP contribution is 2.28. The van der Waals surface area contributed by atoms with Crippen molar-refractivity contribution in [3.05, 3.63) is 53.5 Å². The van der Waals surface area contributed by atoms with Crippen molar-refractivity contribution in [2.75, 3.05) is 0 Å². The van der Waals surface area contributed by atoms with E-state index >= 15 is 0 Å². The van der Waals surface area contributed by atoms with Crippen LogP contribution in [-0.4, -0.2) is 12.0 Å². The molecule has 110 valence electrons. The van der Waals surface area contributed by atoms with Crippen molar-refractivity contribution in [2.24, 2.45) is 0 Å². The summed E-state index contributed by atoms with van der Waals surface area (Å²) in [4.78, 5) is 9.63. The van der Waals surface area contributed by atoms with Crippen molar-refractivity contribution < 1.29 is 26.5 Å². The summed E-state index contributed by atoms with van der Waals surface area (Å²) in [6.07, 6.45) is 0. The van der Waals surface area contributed by atoms with E-state index < -0.39 is 7.25 Å². The van der Waals surface area contributed by atoms with E-state index in [-0.39, 0.29) is 5.43 Å². The molecule has 3 rings (SSSR count). The average Bonchev–Trinajstić information content (AvgIpc) is 2.55. The molecule has 0 fully saturated rings. The van der Waals surface area contributed by atoms with Gasteiger partial charge in [-0.25, -0.2) is 0 Å². The zero-order chi connectivity index (χ0) is 15.6. The topological polar surface area (TPSA) is 34.5 Å². The highest BCUT2D eigenvalue weighted by atomic mass is 19.5. The first-order chi connectivity index (χ1) is 9.77. The molecule has 0 spiro atoms. The summed E-state index contributed by atoms with van der Waals surface area (Å²) in [5.41, 5.74) is 2.67. The van der Waals surface area contributed by atoms with Crippen LogP contribution in [0, 0.1) is 6.92 Å². The van der Waals surface area contributed by atoms with Crippen LogP contribution in [-0.2, 0) is 0 Å². The number of aryl methyl sites for hydroxylation is 1. The predicted octanol–water partition coefficient (Wildman–Crippen LogP) is 4.20. The van der Waals surface area contributed by atoms with Gasteiger partial charge in [-0.15, -0.1) is 0 Å². The van der Waals surface area contributed by atoms with E-state index in [1.165, 1.54) is 0 Å². The van der Waals surface area contributed by atoms with E-state index in [0.29, 0.717) is 0 Å². The zero-order valence-corrected chi connectivity index (χ0v) is 11.0. The van der Waals surface area contributed by atoms with Crippen molar-refractivity contribution in [1.82, 2.24) is 0 Å². The van der Waals surface area contributed by atoms with Crippen LogP contribution in [0.4, 0.5) is 17.3 Å². The van der Waals surface area contributed by atoms with Gasteiger partial charge in [-0.3, -0.25) is 4.79 Å². The van der Waals surface area contributed by atoms with Gasteiger partial charge in [0.05, 0.1) is 5.56 Å². The SMILES string of the molecule is Cc1c(=[OH+])ccc2c1oc1cccccc12.F[B-](F)(F)F. The molecule has 2 aromatic carbocycles. The Morgan fingerprint density at radius 2 is 1.52 bits per heavy atom. The minimum atomic E-state index is -6.00. The molecule has 0 aliphatic heterocycles. The van der Waals surface area contributed by atoms with E-state index in [1.807, 2.05) is 43.3 Å². The summed E-state index contributed by atoms with van der Waals surface area (Å²) in [5, 5.41) is 2.12. The Hall–Kier alpha value is -2.31. The monoisotopic (exact) mass is 298 g/mol. The Morgan fingerprint density at radius 1 is 0.905 bits per heavy atom. The number of rotatable bonds is 0. The molecule has 3 aromatic rings. The van der Waals surface area contributed by atoms with Crippen LogP contribution < -0.4 is 5.43 Å². The van der Waals surface area contributed by atoms with Gasteiger partial charge in [-0.1, -0.05) is 24.3 Å². The van der Waals surface area contributed by atoms with E-state index in [9.17, 15) is 22.1 Å². The number of hydrogen-bond acceptors (Lipinski definition) is 1. The molecule has 0 aliphatic rings. The number of fused-ring (bicyclic) bond motifs is 3. The van der Waals surface area contributed by atoms with Crippen LogP contribution >= 0.6 is 0 Å². The number of furan rings is 1. The van der Waals surface area contributed by atoms with E-state index in [0.717, 1.165) is 27.5 Å². The quantitative estimate of drug-likeness (QED) is 0.348. The molecule has 7 heteroatoms. The van der Waals surface area contributed by atoms with Crippen molar-refractivity contribution >= 4 is 29.2 Å². The van der Waals surface area contributed by atoms with Crippen LogP contribution in [0.5, 0.6) is 0 Å². The van der Waals surface area contributed by atoms with Crippen molar-refractivity contribution in [1.29, 1.82) is 0 Å². The molecule has 0 unspecified atom stereocenters. The van der Waals surface area contributed by atoms with E-state index in [1.54, 1.807) is 6.07 Å². The normalized spacial score (nSPS) is 11.3. The summed E-state index contributed by atoms with van der Waals surface area (Å²) in [6.45, 7) is 1.86. The Morgan fingerprint density at radius 3 is 2.19 bits per heavy atom. The molecule has 0 saturated carbocycles. The standard InChI is InChI=1S/C14H10O2.BF4/c1-9-12(15)8-7-11-10-5-3-2-4-6-13(10)16-14(9)11;2-1(3,4)5/h2-8H,1H3;/q;-1/p+1. The van der Waals surface area contributed by atoms with Gasteiger partial charge in [-0.2, -0.15) is 0 Å². The van der Waals surface area contributed by atoms with Gasteiger partial charge in [0.1, 0.15) is 11.2 Å². The first kappa shape index (κ1) is 15.1. The number of benzene rings is 1. The summed E-state index contributed by atoms with van der Waals surface area (Å²) in [5.74, 6) is 0. The maximum Gasteiger partial charge on any atom is 0.673 e. The third kappa shape index (κ3) is 3.62. The zero-order valence-electron chi connectivity index (χ0n) is 11.0. The molecule has 0 aliphatic carbocycles. The molecule has 0 radical (unpaired) electrons. The second-order valence-electron chi connectivity index (χ2n) is 4.37. The van der Waals surface area contributed by atoms with Gasteiger partial charge in [0, 0.05) is 16.8 Å². The first-order valence-electron chi connectivity index (χ1n) is 6.08. The Kier molecular flexibility index (Phi) is 4.02. The van der Waals surface area contributed by atoms with Crippen LogP contribution in [0.25, 0.3) is 21.9 Å². The lowest BCUT2D eigenvalue weighted by Crippen LogP contribution is -2.03. The fourth-order valence-corrected chi connectivity index (χ4v) is 1.98. The van der Waals surface area contributed by atoms with E-state index in [4.69, 9.17) is 4.42 Å². The molecule has 0 bridgehead atoms. The van der Waals surface area contributed by atoms with Gasteiger partial charge in [0.15, 0.2) is 0 Å². The molecular formula is C14H11BF4O2. The Balaban J connectivity index is 0.000000282. The van der Waals surface area contributed by atoms with Gasteiger partial charge < -0.3 is 21.7 Å². The third-order valence-corrected chi connectivity index (χ3v) is 2.88. The Labute approximate surface area is 117 Å². The molecule has 0 amide bonds. The summed E-state index contributed by atoms with van der Waals surface area (Å²) in [7, 11) is -6.00. The fourth-order valence-electron chi connectivity index (χ4n) is 1.98. The highest BCUT2D eigenvalue weighted by Gasteiger charge is 2.20. The molecule has 0 atom stereocenters. The molecule has 1 heterocycles. The molecule has 1 aromatic heterocycles. The molecule has 1 N–H and O–H groups in total. The lowest BCUT2D eigenvalue weighted by molar-refractivity contribution is 0.368. The van der Waals surface area contributed by atoms with Crippen molar-refractivity contribution in [2.45, 2.75) is 6.92 Å². The first-order valence-corrected chi connectivity index (χ1v) is 6.08. The highest BCUT2D eigenvalue weighted by molar-refractivity contribution is 6.50. The van der Waals surface area contributed by atoms with E-state index in [2.05, 4.69) is 0 Å². The van der Waals surface area contributed by atoms with Crippen molar-refractivity contribution in [3.63, 3.8) is 0 Å². The van der Waals surface area contributed by atoms with Crippen LogP contribution in [0.1, 0.15) is 5.56 Å². The van der Waals surface area contributed by atoms with Crippen LogP contribution in [0.15, 0.2) is 46.9 Å². The van der Waals surface area contributed by atoms with Gasteiger partial charge in [0.25, 0.3) is 0 Å². The lowest BCUT2D eigenvalue weighted by atomic mass is 10.1. The van der Waals surface area contributed by atoms with Crippen molar-refractivity contribution in [3.8, 4) is 0 Å². The summed E-state index contributed by atoms with van der Waals surface area (Å²) in [6, 6.07) is 13.5. The minimum absolute atomic E-state index is 0.274. The van der Waals surface area contributed by atoms with Gasteiger partial charge in [0.2, 0.25) is 0 Å².